The quantitative estimate of drug-likeness (QED) is 0.690. The molecule has 18 heavy (non-hydrogen) atoms. The summed E-state index contributed by atoms with van der Waals surface area (Å²) in [6.45, 7) is 6.13. The topological polar surface area (TPSA) is 67.9 Å². The zero-order valence-electron chi connectivity index (χ0n) is 11.3. The number of amides is 1. The molecule has 1 rings (SSSR count). The lowest BCUT2D eigenvalue weighted by Crippen LogP contribution is -2.52. The molecule has 2 atom stereocenters. The molecule has 6 nitrogen and oxygen atoms in total. The molecule has 0 aromatic rings. The second-order valence-electron chi connectivity index (χ2n) is 4.44. The van der Waals surface area contributed by atoms with Gasteiger partial charge in [-0.3, -0.25) is 9.69 Å². The lowest BCUT2D eigenvalue weighted by Gasteiger charge is -2.34. The highest BCUT2D eigenvalue weighted by Crippen LogP contribution is 2.09. The molecule has 1 N–H and O–H groups in total. The number of hydrogen-bond acceptors (Lipinski definition) is 5. The van der Waals surface area contributed by atoms with Gasteiger partial charge in [-0.15, -0.1) is 0 Å². The summed E-state index contributed by atoms with van der Waals surface area (Å²) < 4.78 is 10.3. The molecule has 0 radical (unpaired) electrons. The Kier molecular flexibility index (Phi) is 6.07. The van der Waals surface area contributed by atoms with Gasteiger partial charge < -0.3 is 14.8 Å². The van der Waals surface area contributed by atoms with Crippen molar-refractivity contribution in [2.75, 3.05) is 33.4 Å². The Balaban J connectivity index is 2.53. The first-order chi connectivity index (χ1) is 8.56. The van der Waals surface area contributed by atoms with Crippen molar-refractivity contribution in [2.24, 2.45) is 0 Å². The van der Waals surface area contributed by atoms with Crippen LogP contribution in [0.15, 0.2) is 0 Å². The van der Waals surface area contributed by atoms with E-state index in [2.05, 4.69) is 17.1 Å². The van der Waals surface area contributed by atoms with Crippen LogP contribution < -0.4 is 5.32 Å². The summed E-state index contributed by atoms with van der Waals surface area (Å²) in [6, 6.07) is -0.608. The van der Waals surface area contributed by atoms with Crippen LogP contribution in [0, 0.1) is 0 Å². The van der Waals surface area contributed by atoms with Crippen molar-refractivity contribution >= 4 is 11.9 Å². The van der Waals surface area contributed by atoms with Crippen LogP contribution >= 0.6 is 0 Å². The number of methoxy groups -OCH3 is 1. The summed E-state index contributed by atoms with van der Waals surface area (Å²) in [4.78, 5) is 24.8. The van der Waals surface area contributed by atoms with Crippen LogP contribution in [0.4, 0.5) is 0 Å². The van der Waals surface area contributed by atoms with Crippen molar-refractivity contribution in [1.29, 1.82) is 0 Å². The fourth-order valence-electron chi connectivity index (χ4n) is 2.02. The van der Waals surface area contributed by atoms with Crippen LogP contribution in [-0.4, -0.2) is 62.3 Å². The number of rotatable bonds is 5. The highest BCUT2D eigenvalue weighted by molar-refractivity contribution is 5.83. The Morgan fingerprint density at radius 1 is 1.56 bits per heavy atom. The summed E-state index contributed by atoms with van der Waals surface area (Å²) >= 11 is 0. The summed E-state index contributed by atoms with van der Waals surface area (Å²) in [7, 11) is 1.32. The predicted octanol–water partition coefficient (Wildman–Crippen LogP) is -0.225. The van der Waals surface area contributed by atoms with Crippen LogP contribution in [0.2, 0.25) is 0 Å². The SMILES string of the molecule is CCC1CN(CC(NC(C)=O)C(=O)OC)CCO1. The second kappa shape index (κ2) is 7.33. The molecule has 0 aliphatic carbocycles. The number of carbonyl (C=O) groups excluding carboxylic acids is 2. The Morgan fingerprint density at radius 2 is 2.28 bits per heavy atom. The molecule has 0 saturated carbocycles. The van der Waals surface area contributed by atoms with Crippen LogP contribution in [-0.2, 0) is 19.1 Å². The zero-order valence-corrected chi connectivity index (χ0v) is 11.3. The van der Waals surface area contributed by atoms with Gasteiger partial charge >= 0.3 is 5.97 Å². The van der Waals surface area contributed by atoms with E-state index in [1.165, 1.54) is 14.0 Å². The van der Waals surface area contributed by atoms with E-state index in [0.29, 0.717) is 13.2 Å². The number of nitrogens with one attached hydrogen (secondary N) is 1. The van der Waals surface area contributed by atoms with Gasteiger partial charge in [-0.1, -0.05) is 6.92 Å². The molecule has 1 fully saturated rings. The molecule has 1 amide bonds. The lowest BCUT2D eigenvalue weighted by atomic mass is 10.2. The highest BCUT2D eigenvalue weighted by atomic mass is 16.5. The predicted molar refractivity (Wildman–Crippen MR) is 66.1 cm³/mol. The van der Waals surface area contributed by atoms with E-state index in [1.54, 1.807) is 0 Å². The molecule has 0 aromatic carbocycles. The highest BCUT2D eigenvalue weighted by Gasteiger charge is 2.26. The third-order valence-corrected chi connectivity index (χ3v) is 2.98. The van der Waals surface area contributed by atoms with Crippen molar-refractivity contribution in [3.8, 4) is 0 Å². The van der Waals surface area contributed by atoms with Gasteiger partial charge in [0.25, 0.3) is 0 Å². The summed E-state index contributed by atoms with van der Waals surface area (Å²) in [5, 5.41) is 2.61. The van der Waals surface area contributed by atoms with E-state index >= 15 is 0 Å². The van der Waals surface area contributed by atoms with Crippen molar-refractivity contribution < 1.29 is 19.1 Å². The maximum Gasteiger partial charge on any atom is 0.329 e. The molecule has 2 unspecified atom stereocenters. The minimum absolute atomic E-state index is 0.203. The minimum Gasteiger partial charge on any atom is -0.467 e. The number of carbonyl (C=O) groups is 2. The van der Waals surface area contributed by atoms with E-state index in [0.717, 1.165) is 19.5 Å². The summed E-state index contributed by atoms with van der Waals surface area (Å²) in [5.41, 5.74) is 0. The maximum absolute atomic E-state index is 11.6. The van der Waals surface area contributed by atoms with E-state index in [1.807, 2.05) is 0 Å². The Hall–Kier alpha value is -1.14. The van der Waals surface area contributed by atoms with E-state index in [4.69, 9.17) is 9.47 Å². The zero-order chi connectivity index (χ0) is 13.5. The normalized spacial score (nSPS) is 22.3. The molecule has 1 heterocycles. The van der Waals surface area contributed by atoms with E-state index < -0.39 is 12.0 Å². The van der Waals surface area contributed by atoms with Gasteiger partial charge in [0.05, 0.1) is 19.8 Å². The Bertz CT molecular complexity index is 296. The third-order valence-electron chi connectivity index (χ3n) is 2.98. The first kappa shape index (κ1) is 14.9. The van der Waals surface area contributed by atoms with Crippen LogP contribution in [0.5, 0.6) is 0 Å². The number of morpholine rings is 1. The fraction of sp³-hybridized carbons (Fsp3) is 0.833. The molecular formula is C12H22N2O4. The van der Waals surface area contributed by atoms with Gasteiger partial charge in [0.15, 0.2) is 0 Å². The first-order valence-electron chi connectivity index (χ1n) is 6.25. The number of ether oxygens (including phenoxy) is 2. The maximum atomic E-state index is 11.6. The fourth-order valence-corrected chi connectivity index (χ4v) is 2.02. The molecule has 1 aliphatic heterocycles. The molecule has 6 heteroatoms. The van der Waals surface area contributed by atoms with Gasteiger partial charge in [-0.2, -0.15) is 0 Å². The monoisotopic (exact) mass is 258 g/mol. The summed E-state index contributed by atoms with van der Waals surface area (Å²) in [6.07, 6.45) is 1.15. The largest absolute Gasteiger partial charge is 0.467 e. The smallest absolute Gasteiger partial charge is 0.329 e. The standard InChI is InChI=1S/C12H22N2O4/c1-4-10-7-14(5-6-18-10)8-11(12(16)17-3)13-9(2)15/h10-11H,4-8H2,1-3H3,(H,13,15). The average molecular weight is 258 g/mol. The number of esters is 1. The van der Waals surface area contributed by atoms with Gasteiger partial charge in [0, 0.05) is 26.6 Å². The van der Waals surface area contributed by atoms with Crippen molar-refractivity contribution in [3.05, 3.63) is 0 Å². The van der Waals surface area contributed by atoms with Crippen molar-refractivity contribution in [3.63, 3.8) is 0 Å². The van der Waals surface area contributed by atoms with Crippen LogP contribution in [0.3, 0.4) is 0 Å². The van der Waals surface area contributed by atoms with Gasteiger partial charge in [-0.25, -0.2) is 4.79 Å². The molecule has 104 valence electrons. The van der Waals surface area contributed by atoms with Gasteiger partial charge in [0.1, 0.15) is 6.04 Å². The van der Waals surface area contributed by atoms with Gasteiger partial charge in [0.2, 0.25) is 5.91 Å². The molecule has 1 saturated heterocycles. The summed E-state index contributed by atoms with van der Waals surface area (Å²) in [5.74, 6) is -0.643. The van der Waals surface area contributed by atoms with Crippen molar-refractivity contribution in [1.82, 2.24) is 10.2 Å². The van der Waals surface area contributed by atoms with Crippen molar-refractivity contribution in [2.45, 2.75) is 32.4 Å². The first-order valence-corrected chi connectivity index (χ1v) is 6.25. The molecule has 0 spiro atoms. The number of nitrogens with zero attached hydrogens (tertiary/aromatic N) is 1. The Morgan fingerprint density at radius 3 is 2.83 bits per heavy atom. The minimum atomic E-state index is -0.608. The molecule has 0 bridgehead atoms. The van der Waals surface area contributed by atoms with Crippen LogP contribution in [0.25, 0.3) is 0 Å². The second-order valence-corrected chi connectivity index (χ2v) is 4.44. The average Bonchev–Trinajstić information content (AvgIpc) is 2.36. The third kappa shape index (κ3) is 4.62. The van der Waals surface area contributed by atoms with E-state index in [9.17, 15) is 9.59 Å². The Labute approximate surface area is 108 Å². The molecule has 1 aliphatic rings. The van der Waals surface area contributed by atoms with Gasteiger partial charge in [-0.05, 0) is 6.42 Å². The van der Waals surface area contributed by atoms with Crippen LogP contribution in [0.1, 0.15) is 20.3 Å². The van der Waals surface area contributed by atoms with E-state index in [-0.39, 0.29) is 12.0 Å². The molecule has 0 aromatic heterocycles. The number of hydrogen-bond donors (Lipinski definition) is 1. The molecular weight excluding hydrogens is 236 g/mol. The lowest BCUT2D eigenvalue weighted by molar-refractivity contribution is -0.146.